The molecule has 0 bridgehead atoms. The summed E-state index contributed by atoms with van der Waals surface area (Å²) in [5, 5.41) is 6.92. The Balaban J connectivity index is 1.37. The molecule has 1 fully saturated rings. The number of benzene rings is 1. The van der Waals surface area contributed by atoms with Crippen molar-refractivity contribution in [2.75, 3.05) is 42.1 Å². The summed E-state index contributed by atoms with van der Waals surface area (Å²) >= 11 is 1.68. The first-order valence-corrected chi connectivity index (χ1v) is 12.3. The summed E-state index contributed by atoms with van der Waals surface area (Å²) in [7, 11) is 0. The zero-order valence-corrected chi connectivity index (χ0v) is 19.8. The van der Waals surface area contributed by atoms with Crippen LogP contribution in [0.2, 0.25) is 0 Å². The number of urea groups is 1. The SMILES string of the molecule is CCN1CCC[C@H]1CNC(=O)c1ccc(NC(=O)N2CCSc3nc(C)cc(C)c32)cc1. The Bertz CT molecular complexity index is 995. The summed E-state index contributed by atoms with van der Waals surface area (Å²) in [5.74, 6) is 0.733. The van der Waals surface area contributed by atoms with Gasteiger partial charge in [0.05, 0.1) is 5.69 Å². The van der Waals surface area contributed by atoms with E-state index in [2.05, 4.69) is 27.4 Å². The monoisotopic (exact) mass is 453 g/mol. The van der Waals surface area contributed by atoms with E-state index in [1.54, 1.807) is 40.9 Å². The van der Waals surface area contributed by atoms with Gasteiger partial charge in [0.2, 0.25) is 0 Å². The highest BCUT2D eigenvalue weighted by atomic mass is 32.2. The van der Waals surface area contributed by atoms with Gasteiger partial charge in [-0.25, -0.2) is 9.78 Å². The molecule has 2 aromatic rings. The molecule has 2 aliphatic rings. The predicted octanol–water partition coefficient (Wildman–Crippen LogP) is 4.06. The summed E-state index contributed by atoms with van der Waals surface area (Å²) in [6.07, 6.45) is 2.32. The minimum absolute atomic E-state index is 0.0788. The van der Waals surface area contributed by atoms with Crippen LogP contribution in [0.1, 0.15) is 41.4 Å². The molecule has 0 spiro atoms. The van der Waals surface area contributed by atoms with Crippen molar-refractivity contribution in [2.24, 2.45) is 0 Å². The van der Waals surface area contributed by atoms with Crippen molar-refractivity contribution in [2.45, 2.75) is 44.7 Å². The number of carbonyl (C=O) groups is 2. The van der Waals surface area contributed by atoms with E-state index < -0.39 is 0 Å². The number of hydrogen-bond donors (Lipinski definition) is 2. The van der Waals surface area contributed by atoms with Crippen molar-refractivity contribution >= 4 is 35.1 Å². The molecule has 1 aromatic heterocycles. The first kappa shape index (κ1) is 22.6. The number of amides is 3. The number of thioether (sulfide) groups is 1. The number of hydrogen-bond acceptors (Lipinski definition) is 5. The second-order valence-electron chi connectivity index (χ2n) is 8.38. The number of likely N-dealkylation sites (N-methyl/N-ethyl adjacent to an activating group) is 1. The van der Waals surface area contributed by atoms with E-state index in [4.69, 9.17) is 0 Å². The number of fused-ring (bicyclic) bond motifs is 1. The highest BCUT2D eigenvalue weighted by Gasteiger charge is 2.26. The summed E-state index contributed by atoms with van der Waals surface area (Å²) in [6.45, 7) is 9.57. The molecule has 1 atom stereocenters. The van der Waals surface area contributed by atoms with Gasteiger partial charge in [-0.15, -0.1) is 11.8 Å². The van der Waals surface area contributed by atoms with Crippen molar-refractivity contribution in [3.05, 3.63) is 47.2 Å². The summed E-state index contributed by atoms with van der Waals surface area (Å²) in [6, 6.07) is 9.32. The second kappa shape index (κ2) is 9.92. The van der Waals surface area contributed by atoms with Crippen LogP contribution in [0.15, 0.2) is 35.4 Å². The molecule has 3 heterocycles. The molecule has 4 rings (SSSR count). The molecule has 32 heavy (non-hydrogen) atoms. The average Bonchev–Trinajstić information content (AvgIpc) is 3.25. The van der Waals surface area contributed by atoms with E-state index in [1.165, 1.54) is 6.42 Å². The molecule has 170 valence electrons. The number of rotatable bonds is 5. The smallest absolute Gasteiger partial charge is 0.326 e. The minimum Gasteiger partial charge on any atom is -0.350 e. The van der Waals surface area contributed by atoms with Gasteiger partial charge in [-0.2, -0.15) is 0 Å². The number of likely N-dealkylation sites (tertiary alicyclic amines) is 1. The first-order chi connectivity index (χ1) is 15.5. The van der Waals surface area contributed by atoms with Crippen LogP contribution < -0.4 is 15.5 Å². The molecule has 1 saturated heterocycles. The van der Waals surface area contributed by atoms with Crippen LogP contribution in [0.4, 0.5) is 16.2 Å². The van der Waals surface area contributed by atoms with Crippen LogP contribution in [0.5, 0.6) is 0 Å². The highest BCUT2D eigenvalue weighted by Crippen LogP contribution is 2.36. The number of aromatic nitrogens is 1. The van der Waals surface area contributed by atoms with Gasteiger partial charge in [-0.1, -0.05) is 6.92 Å². The molecule has 3 amide bonds. The maximum Gasteiger partial charge on any atom is 0.326 e. The van der Waals surface area contributed by atoms with Crippen molar-refractivity contribution in [3.63, 3.8) is 0 Å². The molecular formula is C24H31N5O2S. The van der Waals surface area contributed by atoms with Crippen molar-refractivity contribution in [1.82, 2.24) is 15.2 Å². The second-order valence-corrected chi connectivity index (χ2v) is 9.46. The number of pyridine rings is 1. The Hall–Kier alpha value is -2.58. The highest BCUT2D eigenvalue weighted by molar-refractivity contribution is 7.99. The molecule has 8 heteroatoms. The van der Waals surface area contributed by atoms with Crippen LogP contribution >= 0.6 is 11.8 Å². The number of nitrogens with zero attached hydrogens (tertiary/aromatic N) is 3. The maximum absolute atomic E-state index is 13.0. The van der Waals surface area contributed by atoms with E-state index in [9.17, 15) is 9.59 Å². The number of carbonyl (C=O) groups excluding carboxylic acids is 2. The van der Waals surface area contributed by atoms with Gasteiger partial charge in [0, 0.05) is 41.8 Å². The fraction of sp³-hybridized carbons (Fsp3) is 0.458. The van der Waals surface area contributed by atoms with Gasteiger partial charge in [0.25, 0.3) is 5.91 Å². The van der Waals surface area contributed by atoms with Crippen LogP contribution in [0, 0.1) is 13.8 Å². The number of aryl methyl sites for hydroxylation is 2. The zero-order chi connectivity index (χ0) is 22.7. The Morgan fingerprint density at radius 3 is 2.72 bits per heavy atom. The Morgan fingerprint density at radius 1 is 1.19 bits per heavy atom. The molecule has 2 N–H and O–H groups in total. The average molecular weight is 454 g/mol. The number of nitrogens with one attached hydrogen (secondary N) is 2. The lowest BCUT2D eigenvalue weighted by atomic mass is 10.1. The predicted molar refractivity (Wildman–Crippen MR) is 130 cm³/mol. The van der Waals surface area contributed by atoms with Crippen molar-refractivity contribution in [1.29, 1.82) is 0 Å². The third-order valence-corrected chi connectivity index (χ3v) is 7.09. The molecular weight excluding hydrogens is 422 g/mol. The normalized spacial score (nSPS) is 18.3. The van der Waals surface area contributed by atoms with Crippen molar-refractivity contribution < 1.29 is 9.59 Å². The summed E-state index contributed by atoms with van der Waals surface area (Å²) in [5.41, 5.74) is 4.15. The molecule has 2 aliphatic heterocycles. The van der Waals surface area contributed by atoms with E-state index in [1.807, 2.05) is 19.9 Å². The standard InChI is InChI=1S/C24H31N5O2S/c1-4-28-11-5-6-20(28)15-25-22(30)18-7-9-19(10-8-18)27-24(31)29-12-13-32-23-21(29)16(2)14-17(3)26-23/h7-10,14,20H,4-6,11-13,15H2,1-3H3,(H,25,30)(H,27,31)/t20-/m0/s1. The van der Waals surface area contributed by atoms with Crippen LogP contribution in [-0.2, 0) is 0 Å². The Morgan fingerprint density at radius 2 is 1.97 bits per heavy atom. The van der Waals surface area contributed by atoms with E-state index in [0.29, 0.717) is 30.4 Å². The zero-order valence-electron chi connectivity index (χ0n) is 19.0. The van der Waals surface area contributed by atoms with Gasteiger partial charge < -0.3 is 10.6 Å². The van der Waals surface area contributed by atoms with Gasteiger partial charge >= 0.3 is 6.03 Å². The lowest BCUT2D eigenvalue weighted by Gasteiger charge is -2.30. The third-order valence-electron chi connectivity index (χ3n) is 6.15. The lowest BCUT2D eigenvalue weighted by Crippen LogP contribution is -2.40. The largest absolute Gasteiger partial charge is 0.350 e. The third kappa shape index (κ3) is 4.91. The lowest BCUT2D eigenvalue weighted by molar-refractivity contribution is 0.0941. The Labute approximate surface area is 194 Å². The molecule has 0 saturated carbocycles. The molecule has 0 radical (unpaired) electrons. The van der Waals surface area contributed by atoms with E-state index >= 15 is 0 Å². The van der Waals surface area contributed by atoms with Crippen LogP contribution in [0.25, 0.3) is 0 Å². The van der Waals surface area contributed by atoms with Crippen LogP contribution in [0.3, 0.4) is 0 Å². The maximum atomic E-state index is 13.0. The van der Waals surface area contributed by atoms with Gasteiger partial charge in [0.1, 0.15) is 5.03 Å². The van der Waals surface area contributed by atoms with E-state index in [-0.39, 0.29) is 11.9 Å². The summed E-state index contributed by atoms with van der Waals surface area (Å²) < 4.78 is 0. The Kier molecular flexibility index (Phi) is 7.01. The summed E-state index contributed by atoms with van der Waals surface area (Å²) in [4.78, 5) is 34.3. The quantitative estimate of drug-likeness (QED) is 0.714. The van der Waals surface area contributed by atoms with E-state index in [0.717, 1.165) is 47.2 Å². The van der Waals surface area contributed by atoms with Gasteiger partial charge in [0.15, 0.2) is 0 Å². The molecule has 7 nitrogen and oxygen atoms in total. The molecule has 0 aliphatic carbocycles. The molecule has 0 unspecified atom stereocenters. The van der Waals surface area contributed by atoms with Gasteiger partial charge in [-0.3, -0.25) is 14.6 Å². The number of anilines is 2. The first-order valence-electron chi connectivity index (χ1n) is 11.3. The minimum atomic E-state index is -0.182. The van der Waals surface area contributed by atoms with Gasteiger partial charge in [-0.05, 0) is 75.7 Å². The fourth-order valence-electron chi connectivity index (χ4n) is 4.52. The topological polar surface area (TPSA) is 77.6 Å². The molecule has 1 aromatic carbocycles. The van der Waals surface area contributed by atoms with Crippen LogP contribution in [-0.4, -0.2) is 59.8 Å². The fourth-order valence-corrected chi connectivity index (χ4v) is 5.61. The van der Waals surface area contributed by atoms with Crippen molar-refractivity contribution in [3.8, 4) is 0 Å².